The predicted molar refractivity (Wildman–Crippen MR) is 60.0 cm³/mol. The number of aliphatic hydroxyl groups excluding tert-OH is 1. The molecule has 0 bridgehead atoms. The van der Waals surface area contributed by atoms with Crippen molar-refractivity contribution < 1.29 is 5.11 Å². The summed E-state index contributed by atoms with van der Waals surface area (Å²) in [4.78, 5) is 0. The number of hydrogen-bond acceptors (Lipinski definition) is 1. The molecule has 0 aromatic heterocycles. The maximum Gasteiger partial charge on any atom is 0.0682 e. The topological polar surface area (TPSA) is 20.2 Å². The second kappa shape index (κ2) is 3.64. The first-order valence-corrected chi connectivity index (χ1v) is 4.60. The molecule has 2 aromatic carbocycles. The predicted octanol–water partition coefficient (Wildman–Crippen LogP) is 2.98. The highest BCUT2D eigenvalue weighted by molar-refractivity contribution is 5.91. The van der Waals surface area contributed by atoms with Gasteiger partial charge in [-0.15, -0.1) is 0 Å². The zero-order valence-electron chi connectivity index (χ0n) is 7.90. The lowest BCUT2D eigenvalue weighted by Crippen LogP contribution is -1.86. The van der Waals surface area contributed by atoms with E-state index >= 15 is 0 Å². The summed E-state index contributed by atoms with van der Waals surface area (Å²) in [5.41, 5.74) is 2.01. The molecule has 0 spiro atoms. The van der Waals surface area contributed by atoms with Gasteiger partial charge in [-0.1, -0.05) is 36.9 Å². The molecule has 1 nitrogen and oxygen atoms in total. The largest absolute Gasteiger partial charge is 0.392 e. The third kappa shape index (κ3) is 1.42. The third-order valence-electron chi connectivity index (χ3n) is 2.36. The van der Waals surface area contributed by atoms with Gasteiger partial charge in [-0.2, -0.15) is 0 Å². The smallest absolute Gasteiger partial charge is 0.0682 e. The Bertz CT molecular complexity index is 472. The van der Waals surface area contributed by atoms with Gasteiger partial charge in [0.1, 0.15) is 0 Å². The summed E-state index contributed by atoms with van der Waals surface area (Å²) >= 11 is 0. The van der Waals surface area contributed by atoms with Gasteiger partial charge in [-0.05, 0) is 34.0 Å². The van der Waals surface area contributed by atoms with E-state index in [4.69, 9.17) is 5.11 Å². The van der Waals surface area contributed by atoms with E-state index in [0.717, 1.165) is 16.5 Å². The maximum atomic E-state index is 9.08. The fourth-order valence-electron chi connectivity index (χ4n) is 1.66. The zero-order chi connectivity index (χ0) is 9.97. The van der Waals surface area contributed by atoms with Crippen LogP contribution in [0.1, 0.15) is 11.1 Å². The number of rotatable bonds is 2. The maximum absolute atomic E-state index is 9.08. The summed E-state index contributed by atoms with van der Waals surface area (Å²) in [7, 11) is 0. The molecular weight excluding hydrogens is 172 g/mol. The van der Waals surface area contributed by atoms with E-state index in [-0.39, 0.29) is 6.61 Å². The van der Waals surface area contributed by atoms with Crippen LogP contribution in [0.25, 0.3) is 16.8 Å². The lowest BCUT2D eigenvalue weighted by atomic mass is 10.0. The molecular formula is C13H12O. The van der Waals surface area contributed by atoms with Crippen molar-refractivity contribution in [2.24, 2.45) is 0 Å². The Morgan fingerprint density at radius 2 is 2.00 bits per heavy atom. The van der Waals surface area contributed by atoms with Gasteiger partial charge >= 0.3 is 0 Å². The summed E-state index contributed by atoms with van der Waals surface area (Å²) < 4.78 is 0. The van der Waals surface area contributed by atoms with Crippen molar-refractivity contribution in [1.29, 1.82) is 0 Å². The normalized spacial score (nSPS) is 10.4. The second-order valence-electron chi connectivity index (χ2n) is 3.27. The van der Waals surface area contributed by atoms with E-state index in [1.54, 1.807) is 0 Å². The molecule has 0 aliphatic heterocycles. The molecule has 0 unspecified atom stereocenters. The highest BCUT2D eigenvalue weighted by atomic mass is 16.3. The summed E-state index contributed by atoms with van der Waals surface area (Å²) in [5.74, 6) is 0. The van der Waals surface area contributed by atoms with E-state index in [0.29, 0.717) is 0 Å². The van der Waals surface area contributed by atoms with Crippen molar-refractivity contribution in [3.05, 3.63) is 54.1 Å². The molecule has 0 atom stereocenters. The monoisotopic (exact) mass is 184 g/mol. The van der Waals surface area contributed by atoms with Crippen LogP contribution < -0.4 is 0 Å². The second-order valence-corrected chi connectivity index (χ2v) is 3.27. The Morgan fingerprint density at radius 3 is 2.71 bits per heavy atom. The Labute approximate surface area is 83.3 Å². The van der Waals surface area contributed by atoms with Crippen LogP contribution in [0.5, 0.6) is 0 Å². The SMILES string of the molecule is C=Cc1cc(CO)cc2ccccc12. The molecule has 0 heterocycles. The first kappa shape index (κ1) is 8.97. The van der Waals surface area contributed by atoms with Gasteiger partial charge in [0.05, 0.1) is 6.61 Å². The fourth-order valence-corrected chi connectivity index (χ4v) is 1.66. The average molecular weight is 184 g/mol. The molecule has 0 radical (unpaired) electrons. The number of fused-ring (bicyclic) bond motifs is 1. The highest BCUT2D eigenvalue weighted by Crippen LogP contribution is 2.21. The van der Waals surface area contributed by atoms with E-state index in [1.165, 1.54) is 5.39 Å². The van der Waals surface area contributed by atoms with Crippen LogP contribution in [0.4, 0.5) is 0 Å². The van der Waals surface area contributed by atoms with Crippen LogP contribution in [0.2, 0.25) is 0 Å². The van der Waals surface area contributed by atoms with Crippen molar-refractivity contribution in [2.75, 3.05) is 0 Å². The van der Waals surface area contributed by atoms with Gasteiger partial charge in [0.15, 0.2) is 0 Å². The molecule has 0 aliphatic rings. The molecule has 1 N–H and O–H groups in total. The van der Waals surface area contributed by atoms with Crippen LogP contribution >= 0.6 is 0 Å². The molecule has 0 amide bonds. The molecule has 2 rings (SSSR count). The molecule has 70 valence electrons. The Kier molecular flexibility index (Phi) is 2.33. The molecule has 0 saturated heterocycles. The number of hydrogen-bond donors (Lipinski definition) is 1. The van der Waals surface area contributed by atoms with Crippen LogP contribution in [0, 0.1) is 0 Å². The lowest BCUT2D eigenvalue weighted by Gasteiger charge is -2.05. The molecule has 14 heavy (non-hydrogen) atoms. The van der Waals surface area contributed by atoms with E-state index < -0.39 is 0 Å². The molecule has 2 aromatic rings. The van der Waals surface area contributed by atoms with Gasteiger partial charge in [0.25, 0.3) is 0 Å². The van der Waals surface area contributed by atoms with Crippen LogP contribution in [0.15, 0.2) is 43.0 Å². The number of aliphatic hydroxyl groups is 1. The molecule has 0 aliphatic carbocycles. The molecule has 1 heteroatoms. The minimum Gasteiger partial charge on any atom is -0.392 e. The highest BCUT2D eigenvalue weighted by Gasteiger charge is 1.99. The average Bonchev–Trinajstić information content (AvgIpc) is 2.27. The third-order valence-corrected chi connectivity index (χ3v) is 2.36. The molecule has 0 fully saturated rings. The minimum atomic E-state index is 0.0751. The van der Waals surface area contributed by atoms with Gasteiger partial charge in [-0.25, -0.2) is 0 Å². The van der Waals surface area contributed by atoms with Gasteiger partial charge in [0.2, 0.25) is 0 Å². The first-order valence-electron chi connectivity index (χ1n) is 4.60. The van der Waals surface area contributed by atoms with Crippen molar-refractivity contribution in [3.8, 4) is 0 Å². The van der Waals surface area contributed by atoms with Crippen molar-refractivity contribution in [3.63, 3.8) is 0 Å². The van der Waals surface area contributed by atoms with E-state index in [2.05, 4.69) is 12.6 Å². The summed E-state index contributed by atoms with van der Waals surface area (Å²) in [6.07, 6.45) is 1.82. The quantitative estimate of drug-likeness (QED) is 0.760. The van der Waals surface area contributed by atoms with Gasteiger partial charge in [0, 0.05) is 0 Å². The van der Waals surface area contributed by atoms with E-state index in [1.807, 2.05) is 36.4 Å². The number of benzene rings is 2. The standard InChI is InChI=1S/C13H12O/c1-2-11-7-10(9-14)8-12-5-3-4-6-13(11)12/h2-8,14H,1,9H2. The fraction of sp³-hybridized carbons (Fsp3) is 0.0769. The Balaban J connectivity index is 2.79. The first-order chi connectivity index (χ1) is 6.85. The Morgan fingerprint density at radius 1 is 1.21 bits per heavy atom. The summed E-state index contributed by atoms with van der Waals surface area (Å²) in [6.45, 7) is 3.85. The lowest BCUT2D eigenvalue weighted by molar-refractivity contribution is 0.282. The minimum absolute atomic E-state index is 0.0751. The van der Waals surface area contributed by atoms with Crippen molar-refractivity contribution in [1.82, 2.24) is 0 Å². The van der Waals surface area contributed by atoms with E-state index in [9.17, 15) is 0 Å². The Hall–Kier alpha value is -1.60. The summed E-state index contributed by atoms with van der Waals surface area (Å²) in [5, 5.41) is 11.4. The summed E-state index contributed by atoms with van der Waals surface area (Å²) in [6, 6.07) is 12.1. The van der Waals surface area contributed by atoms with Crippen molar-refractivity contribution >= 4 is 16.8 Å². The molecule has 0 saturated carbocycles. The van der Waals surface area contributed by atoms with Crippen molar-refractivity contribution in [2.45, 2.75) is 6.61 Å². The van der Waals surface area contributed by atoms with Gasteiger partial charge in [-0.3, -0.25) is 0 Å². The van der Waals surface area contributed by atoms with Gasteiger partial charge < -0.3 is 5.11 Å². The zero-order valence-corrected chi connectivity index (χ0v) is 7.90. The van der Waals surface area contributed by atoms with Crippen LogP contribution in [0.3, 0.4) is 0 Å². The van der Waals surface area contributed by atoms with Crippen LogP contribution in [-0.2, 0) is 6.61 Å². The van der Waals surface area contributed by atoms with Crippen LogP contribution in [-0.4, -0.2) is 5.11 Å².